The van der Waals surface area contributed by atoms with Crippen LogP contribution in [-0.2, 0) is 9.47 Å². The highest BCUT2D eigenvalue weighted by Crippen LogP contribution is 2.43. The molecule has 0 aromatic heterocycles. The van der Waals surface area contributed by atoms with Gasteiger partial charge >= 0.3 is 0 Å². The molecule has 0 bridgehead atoms. The molecule has 0 amide bonds. The Labute approximate surface area is 491 Å². The Morgan fingerprint density at radius 1 is 0.325 bits per heavy atom. The lowest BCUT2D eigenvalue weighted by Crippen LogP contribution is -2.32. The van der Waals surface area contributed by atoms with Gasteiger partial charge in [-0.2, -0.15) is 5.10 Å². The van der Waals surface area contributed by atoms with Gasteiger partial charge in [-0.3, -0.25) is 5.01 Å². The van der Waals surface area contributed by atoms with Gasteiger partial charge in [-0.1, -0.05) is 171 Å². The third-order valence-electron chi connectivity index (χ3n) is 18.3. The fourth-order valence-electron chi connectivity index (χ4n) is 12.9. The van der Waals surface area contributed by atoms with Crippen LogP contribution < -0.4 is 0 Å². The maximum absolute atomic E-state index is 5.45. The monoisotopic (exact) mass is 1110 g/mol. The second-order valence-electron chi connectivity index (χ2n) is 24.2. The van der Waals surface area contributed by atoms with E-state index in [0.29, 0.717) is 82.3 Å². The van der Waals surface area contributed by atoms with Crippen molar-refractivity contribution in [3.05, 3.63) is 235 Å². The van der Waals surface area contributed by atoms with Crippen molar-refractivity contribution in [3.8, 4) is 0 Å². The zero-order valence-corrected chi connectivity index (χ0v) is 52.7. The van der Waals surface area contributed by atoms with Gasteiger partial charge in [0.25, 0.3) is 0 Å². The molecule has 14 atom stereocenters. The molecule has 14 aliphatic rings. The van der Waals surface area contributed by atoms with Gasteiger partial charge in [0.15, 0.2) is 0 Å². The molecule has 7 aliphatic carbocycles. The number of hydrogen-bond donors (Lipinski definition) is 0. The van der Waals surface area contributed by atoms with Crippen LogP contribution in [0.3, 0.4) is 0 Å². The number of likely N-dealkylation sites (N-methyl/N-ethyl adjacent to an activating group) is 3. The molecule has 8 heteroatoms. The lowest BCUT2D eigenvalue weighted by molar-refractivity contribution is 0.177. The third kappa shape index (κ3) is 13.6. The van der Waals surface area contributed by atoms with Crippen molar-refractivity contribution in [2.24, 2.45) is 46.5 Å². The first kappa shape index (κ1) is 60.3. The molecule has 0 N–H and O–H groups in total. The lowest BCUT2D eigenvalue weighted by atomic mass is 9.85. The van der Waals surface area contributed by atoms with Crippen LogP contribution in [0.15, 0.2) is 240 Å². The Kier molecular flexibility index (Phi) is 20.2. The van der Waals surface area contributed by atoms with E-state index in [-0.39, 0.29) is 0 Å². The van der Waals surface area contributed by atoms with Gasteiger partial charge in [-0.15, -0.1) is 23.5 Å². The molecule has 0 fully saturated rings. The van der Waals surface area contributed by atoms with Crippen molar-refractivity contribution >= 4 is 29.7 Å². The van der Waals surface area contributed by atoms with E-state index in [2.05, 4.69) is 271 Å². The van der Waals surface area contributed by atoms with Gasteiger partial charge in [0.1, 0.15) is 12.2 Å². The fraction of sp³-hybridized carbons (Fsp3) is 0.431. The van der Waals surface area contributed by atoms with E-state index in [4.69, 9.17) is 9.47 Å². The van der Waals surface area contributed by atoms with Crippen LogP contribution in [0.5, 0.6) is 0 Å². The summed E-state index contributed by atoms with van der Waals surface area (Å²) in [5.41, 5.74) is 20.2. The molecular weight excluding hydrogens is 1020 g/mol. The minimum Gasteiger partial charge on any atom is -0.493 e. The van der Waals surface area contributed by atoms with E-state index in [1.54, 1.807) is 0 Å². The largest absolute Gasteiger partial charge is 0.493 e. The number of thioether (sulfide) groups is 2. The number of hydrazone groups is 1. The molecule has 0 radical (unpaired) electrons. The topological polar surface area (TPSA) is 40.5 Å². The van der Waals surface area contributed by atoms with E-state index in [9.17, 15) is 0 Å². The second kappa shape index (κ2) is 26.8. The molecule has 6 nitrogen and oxygen atoms in total. The fourth-order valence-corrected chi connectivity index (χ4v) is 15.3. The number of fused-ring (bicyclic) bond motifs is 7. The SMILES string of the molecule is CC1=CC=C(C)C2C1C=CN2C.CC1=CC=C(C)C2C1C=CN2C.CC1=CC=C(C)C2C1C=NN2C.CC1=CC=C(C)C2OC=CC12.CC1=CC=C(C)C2OC=CC12.CC1=CC=C(C)C2SC=CC12.CC1=CC=C(C)C2SC=CC12. The van der Waals surface area contributed by atoms with E-state index in [0.717, 1.165) is 0 Å². The molecule has 14 unspecified atom stereocenters. The zero-order valence-electron chi connectivity index (χ0n) is 51.1. The molecule has 0 spiro atoms. The molecular formula is C72H92N4O2S2. The van der Waals surface area contributed by atoms with Gasteiger partial charge in [-0.05, 0) is 149 Å². The molecule has 7 aliphatic heterocycles. The smallest absolute Gasteiger partial charge is 0.129 e. The summed E-state index contributed by atoms with van der Waals surface area (Å²) in [4.78, 5) is 4.60. The highest BCUT2D eigenvalue weighted by atomic mass is 32.2. The Morgan fingerprint density at radius 3 is 0.988 bits per heavy atom. The summed E-state index contributed by atoms with van der Waals surface area (Å²) in [7, 11) is 6.34. The van der Waals surface area contributed by atoms with Crippen LogP contribution >= 0.6 is 23.5 Å². The van der Waals surface area contributed by atoms with Crippen molar-refractivity contribution in [2.45, 2.75) is 138 Å². The van der Waals surface area contributed by atoms with Crippen LogP contribution in [0.1, 0.15) is 96.9 Å². The van der Waals surface area contributed by atoms with Crippen LogP contribution in [0.4, 0.5) is 0 Å². The van der Waals surface area contributed by atoms with E-state index < -0.39 is 0 Å². The van der Waals surface area contributed by atoms with Crippen molar-refractivity contribution in [2.75, 3.05) is 21.1 Å². The lowest BCUT2D eigenvalue weighted by Gasteiger charge is -2.30. The number of hydrogen-bond acceptors (Lipinski definition) is 8. The molecule has 14 rings (SSSR count). The quantitative estimate of drug-likeness (QED) is 0.239. The van der Waals surface area contributed by atoms with Gasteiger partial charge in [0.2, 0.25) is 0 Å². The first-order chi connectivity index (χ1) is 38.2. The van der Waals surface area contributed by atoms with Crippen molar-refractivity contribution in [1.29, 1.82) is 0 Å². The Bertz CT molecular complexity index is 2660. The standard InChI is InChI=1S/2C11H15N.C10H14N2.2C10H12O.2C10H12S/c2*1-8-4-5-9(2)11-10(8)6-7-12(11)3;1-7-4-5-8(2)10-9(7)6-11-12(10)3;4*1-7-3-4-8(2)10-9(7)5-6-11-10/h2*4-7,10-11H,1-3H3;4-6,9-10H,1-3H3;4*3-6,9-10H,1-2H3. The van der Waals surface area contributed by atoms with Crippen LogP contribution in [0.2, 0.25) is 0 Å². The minimum atomic E-state index is 0.292. The summed E-state index contributed by atoms with van der Waals surface area (Å²) >= 11 is 3.90. The van der Waals surface area contributed by atoms with Crippen LogP contribution in [0, 0.1) is 41.4 Å². The van der Waals surface area contributed by atoms with E-state index >= 15 is 0 Å². The van der Waals surface area contributed by atoms with E-state index in [1.165, 1.54) is 78.0 Å². The van der Waals surface area contributed by atoms with Crippen LogP contribution in [0.25, 0.3) is 0 Å². The van der Waals surface area contributed by atoms with Crippen molar-refractivity contribution < 1.29 is 9.47 Å². The zero-order chi connectivity index (χ0) is 57.5. The summed E-state index contributed by atoms with van der Waals surface area (Å²) in [6, 6.07) is 1.67. The molecule has 7 heterocycles. The first-order valence-corrected chi connectivity index (χ1v) is 30.9. The number of allylic oxidation sites excluding steroid dienone is 18. The third-order valence-corrected chi connectivity index (χ3v) is 20.8. The van der Waals surface area contributed by atoms with Gasteiger partial charge in [0.05, 0.1) is 30.6 Å². The molecule has 80 heavy (non-hydrogen) atoms. The molecule has 0 saturated carbocycles. The average Bonchev–Trinajstić information content (AvgIpc) is 4.31. The normalized spacial score (nSPS) is 33.8. The Morgan fingerprint density at radius 2 is 0.637 bits per heavy atom. The van der Waals surface area contributed by atoms with Crippen molar-refractivity contribution in [1.82, 2.24) is 14.8 Å². The summed E-state index contributed by atoms with van der Waals surface area (Å²) in [5.74, 6) is 4.13. The summed E-state index contributed by atoms with van der Waals surface area (Å²) in [6.07, 6.45) is 55.1. The van der Waals surface area contributed by atoms with Crippen molar-refractivity contribution in [3.63, 3.8) is 0 Å². The molecule has 0 saturated heterocycles. The molecule has 424 valence electrons. The molecule has 0 aromatic rings. The second-order valence-corrected chi connectivity index (χ2v) is 26.3. The highest BCUT2D eigenvalue weighted by Gasteiger charge is 2.35. The highest BCUT2D eigenvalue weighted by molar-refractivity contribution is 8.03. The Hall–Kier alpha value is -5.83. The van der Waals surface area contributed by atoms with Crippen LogP contribution in [-0.4, -0.2) is 83.0 Å². The first-order valence-electron chi connectivity index (χ1n) is 29.1. The average molecular weight is 1110 g/mol. The minimum absolute atomic E-state index is 0.292. The maximum atomic E-state index is 5.45. The Balaban J connectivity index is 0.000000123. The predicted molar refractivity (Wildman–Crippen MR) is 348 cm³/mol. The number of rotatable bonds is 0. The van der Waals surface area contributed by atoms with Gasteiger partial charge < -0.3 is 19.3 Å². The molecule has 0 aromatic carbocycles. The maximum Gasteiger partial charge on any atom is 0.129 e. The summed E-state index contributed by atoms with van der Waals surface area (Å²) < 4.78 is 10.9. The predicted octanol–water partition coefficient (Wildman–Crippen LogP) is 17.6. The summed E-state index contributed by atoms with van der Waals surface area (Å²) in [6.45, 7) is 30.6. The van der Waals surface area contributed by atoms with E-state index in [1.807, 2.05) is 54.3 Å². The number of nitrogens with zero attached hydrogens (tertiary/aromatic N) is 4. The number of ether oxygens (including phenoxy) is 2. The van der Waals surface area contributed by atoms with Gasteiger partial charge in [0, 0.05) is 79.3 Å². The van der Waals surface area contributed by atoms with Gasteiger partial charge in [-0.25, -0.2) is 0 Å². The summed E-state index contributed by atoms with van der Waals surface area (Å²) in [5, 5.41) is 12.2.